The van der Waals surface area contributed by atoms with Crippen LogP contribution in [0.2, 0.25) is 0 Å². The highest BCUT2D eigenvalue weighted by atomic mass is 16.5. The Bertz CT molecular complexity index is 928. The van der Waals surface area contributed by atoms with Crippen molar-refractivity contribution in [3.63, 3.8) is 0 Å². The van der Waals surface area contributed by atoms with Crippen LogP contribution >= 0.6 is 0 Å². The van der Waals surface area contributed by atoms with Gasteiger partial charge in [-0.15, -0.1) is 0 Å². The lowest BCUT2D eigenvalue weighted by atomic mass is 10.1. The molecule has 1 unspecified atom stereocenters. The fraction of sp³-hybridized carbons (Fsp3) is 0.440. The summed E-state index contributed by atoms with van der Waals surface area (Å²) in [5, 5.41) is 5.79. The molecule has 2 aliphatic heterocycles. The number of likely N-dealkylation sites (tertiary alicyclic amines) is 1. The number of hydrogen-bond donors (Lipinski definition) is 2. The second kappa shape index (κ2) is 10.6. The molecule has 32 heavy (non-hydrogen) atoms. The van der Waals surface area contributed by atoms with Crippen molar-refractivity contribution in [1.82, 2.24) is 15.1 Å². The molecule has 1 atom stereocenters. The van der Waals surface area contributed by atoms with Gasteiger partial charge in [-0.3, -0.25) is 9.69 Å². The Morgan fingerprint density at radius 2 is 1.81 bits per heavy atom. The molecule has 0 saturated carbocycles. The summed E-state index contributed by atoms with van der Waals surface area (Å²) in [6.07, 6.45) is 1.99. The molecule has 0 spiro atoms. The Morgan fingerprint density at radius 1 is 1.03 bits per heavy atom. The zero-order valence-corrected chi connectivity index (χ0v) is 18.7. The maximum atomic E-state index is 13.0. The first-order valence-electron chi connectivity index (χ1n) is 11.4. The van der Waals surface area contributed by atoms with E-state index < -0.39 is 0 Å². The number of anilines is 1. The first-order valence-corrected chi connectivity index (χ1v) is 11.4. The quantitative estimate of drug-likeness (QED) is 0.729. The summed E-state index contributed by atoms with van der Waals surface area (Å²) in [6.45, 7) is 7.03. The van der Waals surface area contributed by atoms with E-state index in [0.29, 0.717) is 24.4 Å². The summed E-state index contributed by atoms with van der Waals surface area (Å²) < 4.78 is 5.85. The number of amides is 3. The van der Waals surface area contributed by atoms with Crippen molar-refractivity contribution < 1.29 is 14.3 Å². The van der Waals surface area contributed by atoms with Crippen LogP contribution in [0.3, 0.4) is 0 Å². The third kappa shape index (κ3) is 5.66. The molecule has 2 N–H and O–H groups in total. The molecule has 3 amide bonds. The number of carbonyl (C=O) groups is 2. The number of urea groups is 1. The second-order valence-corrected chi connectivity index (χ2v) is 8.55. The number of ether oxygens (including phenoxy) is 1. The lowest BCUT2D eigenvalue weighted by molar-refractivity contribution is -0.0285. The lowest BCUT2D eigenvalue weighted by Crippen LogP contribution is -2.47. The van der Waals surface area contributed by atoms with Crippen molar-refractivity contribution in [2.24, 2.45) is 0 Å². The molecule has 2 saturated heterocycles. The highest BCUT2D eigenvalue weighted by Gasteiger charge is 2.25. The SMILES string of the molecule is Cc1cccc(NC(=O)NCC2CN(Cc3ccccc3)CCO2)c1C(=O)N1CCCC1. The third-order valence-electron chi connectivity index (χ3n) is 6.09. The van der Waals surface area contributed by atoms with Gasteiger partial charge in [0.1, 0.15) is 0 Å². The molecule has 2 aromatic rings. The topological polar surface area (TPSA) is 73.9 Å². The van der Waals surface area contributed by atoms with Crippen LogP contribution in [0.4, 0.5) is 10.5 Å². The fourth-order valence-electron chi connectivity index (χ4n) is 4.40. The number of aryl methyl sites for hydroxylation is 1. The number of nitrogens with one attached hydrogen (secondary N) is 2. The van der Waals surface area contributed by atoms with Gasteiger partial charge in [-0.2, -0.15) is 0 Å². The van der Waals surface area contributed by atoms with Gasteiger partial charge in [0.2, 0.25) is 0 Å². The van der Waals surface area contributed by atoms with Crippen molar-refractivity contribution in [2.45, 2.75) is 32.4 Å². The minimum Gasteiger partial charge on any atom is -0.374 e. The highest BCUT2D eigenvalue weighted by Crippen LogP contribution is 2.23. The van der Waals surface area contributed by atoms with Crippen molar-refractivity contribution in [3.8, 4) is 0 Å². The van der Waals surface area contributed by atoms with Crippen LogP contribution in [-0.2, 0) is 11.3 Å². The van der Waals surface area contributed by atoms with Gasteiger partial charge in [-0.1, -0.05) is 42.5 Å². The summed E-state index contributed by atoms with van der Waals surface area (Å²) in [4.78, 5) is 29.8. The summed E-state index contributed by atoms with van der Waals surface area (Å²) in [5.41, 5.74) is 3.27. The van der Waals surface area contributed by atoms with Crippen LogP contribution < -0.4 is 10.6 Å². The van der Waals surface area contributed by atoms with E-state index in [0.717, 1.165) is 51.1 Å². The monoisotopic (exact) mass is 436 g/mol. The molecule has 7 heteroatoms. The maximum absolute atomic E-state index is 13.0. The molecule has 2 heterocycles. The number of carbonyl (C=O) groups excluding carboxylic acids is 2. The van der Waals surface area contributed by atoms with E-state index in [-0.39, 0.29) is 18.0 Å². The fourth-order valence-corrected chi connectivity index (χ4v) is 4.40. The molecule has 2 aromatic carbocycles. The molecule has 4 rings (SSSR count). The van der Waals surface area contributed by atoms with E-state index in [4.69, 9.17) is 4.74 Å². The summed E-state index contributed by atoms with van der Waals surface area (Å²) in [6, 6.07) is 15.6. The first-order chi connectivity index (χ1) is 15.6. The molecular weight excluding hydrogens is 404 g/mol. The van der Waals surface area contributed by atoms with Gasteiger partial charge in [-0.05, 0) is 37.0 Å². The first kappa shape index (κ1) is 22.3. The molecule has 2 fully saturated rings. The van der Waals surface area contributed by atoms with Crippen molar-refractivity contribution in [2.75, 3.05) is 44.6 Å². The van der Waals surface area contributed by atoms with Gasteiger partial charge >= 0.3 is 6.03 Å². The van der Waals surface area contributed by atoms with Crippen molar-refractivity contribution in [3.05, 3.63) is 65.2 Å². The van der Waals surface area contributed by atoms with Gasteiger partial charge in [0.25, 0.3) is 5.91 Å². The van der Waals surface area contributed by atoms with Gasteiger partial charge in [0, 0.05) is 39.3 Å². The number of rotatable bonds is 6. The summed E-state index contributed by atoms with van der Waals surface area (Å²) >= 11 is 0. The maximum Gasteiger partial charge on any atom is 0.319 e. The Labute approximate surface area is 189 Å². The van der Waals surface area contributed by atoms with Crippen molar-refractivity contribution in [1.29, 1.82) is 0 Å². The van der Waals surface area contributed by atoms with Gasteiger partial charge in [0.05, 0.1) is 24.0 Å². The van der Waals surface area contributed by atoms with E-state index in [1.807, 2.05) is 42.2 Å². The standard InChI is InChI=1S/C25H32N4O3/c1-19-8-7-11-22(23(19)24(30)29-12-5-6-13-29)27-25(31)26-16-21-18-28(14-15-32-21)17-20-9-3-2-4-10-20/h2-4,7-11,21H,5-6,12-18H2,1H3,(H2,26,27,31). The van der Waals surface area contributed by atoms with Crippen LogP contribution in [0, 0.1) is 6.92 Å². The number of hydrogen-bond acceptors (Lipinski definition) is 4. The van der Waals surface area contributed by atoms with Crippen LogP contribution in [0.1, 0.15) is 34.3 Å². The van der Waals surface area contributed by atoms with Crippen LogP contribution in [0.15, 0.2) is 48.5 Å². The minimum atomic E-state index is -0.324. The largest absolute Gasteiger partial charge is 0.374 e. The summed E-state index contributed by atoms with van der Waals surface area (Å²) in [5.74, 6) is -0.0110. The number of nitrogens with zero attached hydrogens (tertiary/aromatic N) is 2. The molecule has 170 valence electrons. The van der Waals surface area contributed by atoms with Gasteiger partial charge in [0.15, 0.2) is 0 Å². The molecule has 0 radical (unpaired) electrons. The van der Waals surface area contributed by atoms with Crippen LogP contribution in [0.25, 0.3) is 0 Å². The zero-order valence-electron chi connectivity index (χ0n) is 18.7. The molecular formula is C25H32N4O3. The van der Waals surface area contributed by atoms with Gasteiger partial charge < -0.3 is 20.3 Å². The third-order valence-corrected chi connectivity index (χ3v) is 6.09. The number of benzene rings is 2. The second-order valence-electron chi connectivity index (χ2n) is 8.55. The van der Waals surface area contributed by atoms with Crippen LogP contribution in [-0.4, -0.2) is 67.2 Å². The van der Waals surface area contributed by atoms with Crippen LogP contribution in [0.5, 0.6) is 0 Å². The minimum absolute atomic E-state index is 0.0110. The van der Waals surface area contributed by atoms with Gasteiger partial charge in [-0.25, -0.2) is 4.79 Å². The average Bonchev–Trinajstić information content (AvgIpc) is 3.34. The normalized spacial score (nSPS) is 19.0. The van der Waals surface area contributed by atoms with E-state index in [1.54, 1.807) is 6.07 Å². The Kier molecular flexibility index (Phi) is 7.39. The molecule has 0 bridgehead atoms. The van der Waals surface area contributed by atoms with Crippen molar-refractivity contribution >= 4 is 17.6 Å². The Balaban J connectivity index is 1.31. The van der Waals surface area contributed by atoms with E-state index in [9.17, 15) is 9.59 Å². The molecule has 0 aliphatic carbocycles. The average molecular weight is 437 g/mol. The summed E-state index contributed by atoms with van der Waals surface area (Å²) in [7, 11) is 0. The lowest BCUT2D eigenvalue weighted by Gasteiger charge is -2.33. The van der Waals surface area contributed by atoms with E-state index >= 15 is 0 Å². The smallest absolute Gasteiger partial charge is 0.319 e. The Hall–Kier alpha value is -2.90. The zero-order chi connectivity index (χ0) is 22.3. The molecule has 0 aromatic heterocycles. The predicted molar refractivity (Wildman–Crippen MR) is 125 cm³/mol. The number of morpholine rings is 1. The van der Waals surface area contributed by atoms with E-state index in [2.05, 4.69) is 27.7 Å². The molecule has 2 aliphatic rings. The predicted octanol–water partition coefficient (Wildman–Crippen LogP) is 3.25. The Morgan fingerprint density at radius 3 is 2.59 bits per heavy atom. The highest BCUT2D eigenvalue weighted by molar-refractivity contribution is 6.04. The van der Waals surface area contributed by atoms with E-state index in [1.165, 1.54) is 5.56 Å². The molecule has 7 nitrogen and oxygen atoms in total.